The van der Waals surface area contributed by atoms with Crippen LogP contribution in [0.25, 0.3) is 11.0 Å². The number of rotatable bonds is 7. The molecule has 0 spiro atoms. The zero-order chi connectivity index (χ0) is 16.9. The van der Waals surface area contributed by atoms with Crippen molar-refractivity contribution in [1.82, 2.24) is 14.7 Å². The molecule has 3 aromatic heterocycles. The standard InChI is InChI=1S/C17H20N4O3/c1-3-4-8-24-21-15(22)9-14(18-10-13-6-5-7-23-13)16-12(2)19-11-20-17(16)21/h5-7,9,11,18H,3-4,8,10H2,1-2H3. The fourth-order valence-corrected chi connectivity index (χ4v) is 2.45. The Hall–Kier alpha value is -2.83. The molecule has 0 saturated carbocycles. The third kappa shape index (κ3) is 3.24. The molecule has 3 rings (SSSR count). The Morgan fingerprint density at radius 3 is 3.00 bits per heavy atom. The number of nitrogens with zero attached hydrogens (tertiary/aromatic N) is 3. The molecule has 1 N–H and O–H groups in total. The van der Waals surface area contributed by atoms with Gasteiger partial charge in [0.2, 0.25) is 0 Å². The molecule has 0 unspecified atom stereocenters. The van der Waals surface area contributed by atoms with E-state index in [0.717, 1.165) is 29.7 Å². The van der Waals surface area contributed by atoms with Crippen LogP contribution in [0, 0.1) is 6.92 Å². The molecule has 0 aromatic carbocycles. The molecule has 24 heavy (non-hydrogen) atoms. The van der Waals surface area contributed by atoms with E-state index in [1.54, 1.807) is 6.26 Å². The average Bonchev–Trinajstić information content (AvgIpc) is 3.08. The molecule has 0 bridgehead atoms. The summed E-state index contributed by atoms with van der Waals surface area (Å²) < 4.78 is 6.56. The molecule has 0 aliphatic carbocycles. The van der Waals surface area contributed by atoms with Gasteiger partial charge in [0, 0.05) is 6.07 Å². The van der Waals surface area contributed by atoms with Crippen LogP contribution in [0.1, 0.15) is 31.2 Å². The second kappa shape index (κ2) is 7.16. The number of unbranched alkanes of at least 4 members (excludes halogenated alkanes) is 1. The zero-order valence-electron chi connectivity index (χ0n) is 13.8. The first kappa shape index (κ1) is 16.0. The highest BCUT2D eigenvalue weighted by Crippen LogP contribution is 2.22. The molecule has 7 heteroatoms. The smallest absolute Gasteiger partial charge is 0.287 e. The Bertz CT molecular complexity index is 871. The van der Waals surface area contributed by atoms with Gasteiger partial charge in [0.05, 0.1) is 29.6 Å². The van der Waals surface area contributed by atoms with E-state index in [4.69, 9.17) is 9.25 Å². The van der Waals surface area contributed by atoms with E-state index in [1.807, 2.05) is 19.1 Å². The molecule has 3 heterocycles. The fourth-order valence-electron chi connectivity index (χ4n) is 2.45. The minimum atomic E-state index is -0.265. The summed E-state index contributed by atoms with van der Waals surface area (Å²) in [7, 11) is 0. The van der Waals surface area contributed by atoms with Crippen molar-refractivity contribution < 1.29 is 9.25 Å². The summed E-state index contributed by atoms with van der Waals surface area (Å²) in [5, 5.41) is 3.99. The van der Waals surface area contributed by atoms with Gasteiger partial charge >= 0.3 is 0 Å². The number of furan rings is 1. The number of hydrogen-bond donors (Lipinski definition) is 1. The van der Waals surface area contributed by atoms with E-state index in [0.29, 0.717) is 24.5 Å². The van der Waals surface area contributed by atoms with Gasteiger partial charge in [-0.2, -0.15) is 0 Å². The van der Waals surface area contributed by atoms with Crippen LogP contribution in [0.15, 0.2) is 40.0 Å². The van der Waals surface area contributed by atoms with Gasteiger partial charge < -0.3 is 14.6 Å². The molecule has 0 saturated heterocycles. The summed E-state index contributed by atoms with van der Waals surface area (Å²) in [6.45, 7) is 4.88. The Labute approximate surface area is 139 Å². The highest BCUT2D eigenvalue weighted by Gasteiger charge is 2.14. The number of hydrogen-bond acceptors (Lipinski definition) is 6. The number of fused-ring (bicyclic) bond motifs is 1. The topological polar surface area (TPSA) is 82.2 Å². The van der Waals surface area contributed by atoms with Crippen molar-refractivity contribution in [2.75, 3.05) is 11.9 Å². The van der Waals surface area contributed by atoms with Gasteiger partial charge in [-0.15, -0.1) is 4.73 Å². The Kier molecular flexibility index (Phi) is 4.79. The normalized spacial score (nSPS) is 10.9. The quantitative estimate of drug-likeness (QED) is 0.671. The fraction of sp³-hybridized carbons (Fsp3) is 0.353. The van der Waals surface area contributed by atoms with Gasteiger partial charge in [-0.05, 0) is 25.5 Å². The molecule has 0 fully saturated rings. The van der Waals surface area contributed by atoms with Gasteiger partial charge in [0.25, 0.3) is 5.56 Å². The molecule has 7 nitrogen and oxygen atoms in total. The lowest BCUT2D eigenvalue weighted by molar-refractivity contribution is 0.108. The van der Waals surface area contributed by atoms with Gasteiger partial charge in [-0.3, -0.25) is 4.79 Å². The van der Waals surface area contributed by atoms with Gasteiger partial charge in [0.15, 0.2) is 5.65 Å². The third-order valence-corrected chi connectivity index (χ3v) is 3.70. The maximum atomic E-state index is 12.4. The van der Waals surface area contributed by atoms with Crippen molar-refractivity contribution >= 4 is 16.7 Å². The molecule has 3 aromatic rings. The van der Waals surface area contributed by atoms with Gasteiger partial charge in [-0.25, -0.2) is 9.97 Å². The van der Waals surface area contributed by atoms with Gasteiger partial charge in [-0.1, -0.05) is 13.3 Å². The van der Waals surface area contributed by atoms with Crippen LogP contribution in [0.3, 0.4) is 0 Å². The maximum Gasteiger partial charge on any atom is 0.287 e. The molecule has 0 aliphatic rings. The highest BCUT2D eigenvalue weighted by atomic mass is 16.7. The third-order valence-electron chi connectivity index (χ3n) is 3.70. The van der Waals surface area contributed by atoms with Crippen LogP contribution in [-0.2, 0) is 6.54 Å². The molecule has 126 valence electrons. The lowest BCUT2D eigenvalue weighted by Gasteiger charge is -2.14. The van der Waals surface area contributed by atoms with Crippen LogP contribution in [0.2, 0.25) is 0 Å². The van der Waals surface area contributed by atoms with Crippen molar-refractivity contribution in [3.63, 3.8) is 0 Å². The van der Waals surface area contributed by atoms with Crippen molar-refractivity contribution in [1.29, 1.82) is 0 Å². The molecule has 0 radical (unpaired) electrons. The lowest BCUT2D eigenvalue weighted by atomic mass is 10.2. The zero-order valence-corrected chi connectivity index (χ0v) is 13.8. The number of pyridine rings is 1. The van der Waals surface area contributed by atoms with Crippen molar-refractivity contribution in [2.24, 2.45) is 0 Å². The number of aromatic nitrogens is 3. The van der Waals surface area contributed by atoms with Crippen molar-refractivity contribution in [3.05, 3.63) is 52.6 Å². The van der Waals surface area contributed by atoms with E-state index in [2.05, 4.69) is 22.2 Å². The van der Waals surface area contributed by atoms with Crippen LogP contribution < -0.4 is 15.7 Å². The second-order valence-electron chi connectivity index (χ2n) is 5.47. The Balaban J connectivity index is 2.00. The predicted octanol–water partition coefficient (Wildman–Crippen LogP) is 2.53. The van der Waals surface area contributed by atoms with E-state index < -0.39 is 0 Å². The van der Waals surface area contributed by atoms with Crippen molar-refractivity contribution in [2.45, 2.75) is 33.2 Å². The summed E-state index contributed by atoms with van der Waals surface area (Å²) in [5.41, 5.74) is 1.64. The molecule has 0 atom stereocenters. The SMILES string of the molecule is CCCCOn1c(=O)cc(NCc2ccco2)c2c(C)ncnc21. The first-order valence-electron chi connectivity index (χ1n) is 7.97. The molecular formula is C17H20N4O3. The Morgan fingerprint density at radius 1 is 1.38 bits per heavy atom. The first-order chi connectivity index (χ1) is 11.7. The second-order valence-corrected chi connectivity index (χ2v) is 5.47. The summed E-state index contributed by atoms with van der Waals surface area (Å²) >= 11 is 0. The summed E-state index contributed by atoms with van der Waals surface area (Å²) in [5.74, 6) is 0.779. The van der Waals surface area contributed by atoms with Crippen LogP contribution in [-0.4, -0.2) is 21.3 Å². The highest BCUT2D eigenvalue weighted by molar-refractivity contribution is 5.90. The summed E-state index contributed by atoms with van der Waals surface area (Å²) in [6.07, 6.45) is 4.91. The minimum Gasteiger partial charge on any atom is -0.467 e. The Morgan fingerprint density at radius 2 is 2.25 bits per heavy atom. The number of anilines is 1. The predicted molar refractivity (Wildman–Crippen MR) is 90.9 cm³/mol. The maximum absolute atomic E-state index is 12.4. The minimum absolute atomic E-state index is 0.265. The summed E-state index contributed by atoms with van der Waals surface area (Å²) in [6, 6.07) is 5.20. The summed E-state index contributed by atoms with van der Waals surface area (Å²) in [4.78, 5) is 26.5. The van der Waals surface area contributed by atoms with Crippen molar-refractivity contribution in [3.8, 4) is 0 Å². The van der Waals surface area contributed by atoms with E-state index >= 15 is 0 Å². The van der Waals surface area contributed by atoms with Crippen LogP contribution >= 0.6 is 0 Å². The van der Waals surface area contributed by atoms with Crippen LogP contribution in [0.4, 0.5) is 5.69 Å². The number of nitrogens with one attached hydrogen (secondary N) is 1. The van der Waals surface area contributed by atoms with Gasteiger partial charge in [0.1, 0.15) is 18.7 Å². The number of aryl methyl sites for hydroxylation is 1. The van der Waals surface area contributed by atoms with E-state index in [9.17, 15) is 4.79 Å². The lowest BCUT2D eigenvalue weighted by Crippen LogP contribution is -2.28. The monoisotopic (exact) mass is 328 g/mol. The average molecular weight is 328 g/mol. The molecular weight excluding hydrogens is 308 g/mol. The largest absolute Gasteiger partial charge is 0.467 e. The van der Waals surface area contributed by atoms with Crippen LogP contribution in [0.5, 0.6) is 0 Å². The van der Waals surface area contributed by atoms with E-state index in [-0.39, 0.29) is 5.56 Å². The van der Waals surface area contributed by atoms with E-state index in [1.165, 1.54) is 17.1 Å². The first-order valence-corrected chi connectivity index (χ1v) is 7.97. The molecule has 0 amide bonds. The molecule has 0 aliphatic heterocycles.